The molecule has 5 aromatic rings. The van der Waals surface area contributed by atoms with Crippen molar-refractivity contribution < 1.29 is 42.5 Å². The Balaban J connectivity index is 0.738. The van der Waals surface area contributed by atoms with Crippen molar-refractivity contribution in [3.63, 3.8) is 0 Å². The highest BCUT2D eigenvalue weighted by atomic mass is 19.1. The number of aryl methyl sites for hydroxylation is 1. The van der Waals surface area contributed by atoms with E-state index in [4.69, 9.17) is 29.2 Å². The average Bonchev–Trinajstić information content (AvgIpc) is 4.08. The number of rotatable bonds is 15. The van der Waals surface area contributed by atoms with Gasteiger partial charge in [-0.2, -0.15) is 9.97 Å². The molecule has 5 aliphatic heterocycles. The lowest BCUT2D eigenvalue weighted by Gasteiger charge is -2.43. The zero-order valence-corrected chi connectivity index (χ0v) is 42.1. The van der Waals surface area contributed by atoms with Gasteiger partial charge in [0.2, 0.25) is 11.8 Å². The number of β-amino-alcohol motifs (C(OH)–C–C–N with tert-alkyl or cyclic N) is 1. The van der Waals surface area contributed by atoms with Crippen LogP contribution in [0.1, 0.15) is 86.7 Å². The van der Waals surface area contributed by atoms with Gasteiger partial charge in [-0.05, 0) is 111 Å². The zero-order chi connectivity index (χ0) is 50.6. The molecule has 73 heavy (non-hydrogen) atoms. The predicted octanol–water partition coefficient (Wildman–Crippen LogP) is 6.43. The van der Waals surface area contributed by atoms with Gasteiger partial charge in [0.05, 0.1) is 17.6 Å². The molecule has 3 aromatic carbocycles. The van der Waals surface area contributed by atoms with Crippen LogP contribution in [0, 0.1) is 11.2 Å². The van der Waals surface area contributed by atoms with Gasteiger partial charge >= 0.3 is 6.01 Å². The molecule has 0 spiro atoms. The van der Waals surface area contributed by atoms with E-state index in [9.17, 15) is 19.5 Å². The van der Waals surface area contributed by atoms with Crippen LogP contribution in [0.25, 0.3) is 32.9 Å². The van der Waals surface area contributed by atoms with E-state index < -0.39 is 29.0 Å². The molecule has 4 saturated heterocycles. The van der Waals surface area contributed by atoms with E-state index in [0.29, 0.717) is 99.6 Å². The van der Waals surface area contributed by atoms with Crippen molar-refractivity contribution in [2.75, 3.05) is 95.8 Å². The Labute approximate surface area is 424 Å². The number of imide groups is 1. The number of alkyl halides is 1. The second kappa shape index (κ2) is 19.6. The number of aromatic nitrogens is 3. The number of ether oxygens (including phenoxy) is 3. The summed E-state index contributed by atoms with van der Waals surface area (Å²) >= 11 is 0. The molecule has 1 aliphatic carbocycles. The SMILES string of the molecule is CCc1cccc2cc(OCOC)cc(-c3ncc4c(N5CCC[C@@](C)(O)C5)nc(OCC5(CN6CCC(F)(CN7CCN(c8ccc9c(c8)CN([C@H]8CCC(=O)NC8=O)C9=O)CC7)CC6)CC5)nc4c3F)c12. The third-order valence-corrected chi connectivity index (χ3v) is 16.2. The van der Waals surface area contributed by atoms with Gasteiger partial charge in [0.25, 0.3) is 5.91 Å². The number of piperazine rings is 1. The molecule has 0 radical (unpaired) electrons. The van der Waals surface area contributed by atoms with Crippen LogP contribution < -0.4 is 24.6 Å². The number of benzene rings is 3. The standard InChI is InChI=1S/C55H65F2N9O7/c1-4-35-7-5-8-36-26-39(73-34-71-3)27-41(45(35)36)47-46(56)48-42(28-58-47)49(65-18-6-13-53(2,70)30-65)61-52(60-48)72-33-54(14-15-54)31-62-19-16-55(57,17-20-62)32-63-21-23-64(24-22-63)38-9-10-40-37(25-38)29-66(51(40)69)43-11-12-44(67)59-50(43)68/h5,7-10,25-28,43,70H,4,6,11-24,29-34H2,1-3H3,(H,59,67,68)/t43-,53+/m0/s1. The van der Waals surface area contributed by atoms with Gasteiger partial charge in [-0.3, -0.25) is 29.6 Å². The molecule has 0 bridgehead atoms. The summed E-state index contributed by atoms with van der Waals surface area (Å²) in [7, 11) is 1.55. The number of nitrogens with zero attached hydrogens (tertiary/aromatic N) is 8. The number of carbonyl (C=O) groups is 3. The van der Waals surface area contributed by atoms with Gasteiger partial charge in [-0.15, -0.1) is 0 Å². The number of aliphatic hydroxyl groups is 1. The number of hydrogen-bond donors (Lipinski definition) is 2. The molecule has 386 valence electrons. The smallest absolute Gasteiger partial charge is 0.319 e. The summed E-state index contributed by atoms with van der Waals surface area (Å²) in [6.07, 6.45) is 7.04. The number of fused-ring (bicyclic) bond motifs is 3. The number of likely N-dealkylation sites (tertiary alicyclic amines) is 1. The third-order valence-electron chi connectivity index (χ3n) is 16.2. The van der Waals surface area contributed by atoms with E-state index in [1.54, 1.807) is 24.3 Å². The molecule has 2 N–H and O–H groups in total. The highest BCUT2D eigenvalue weighted by Crippen LogP contribution is 2.48. The van der Waals surface area contributed by atoms with Crippen molar-refractivity contribution in [1.29, 1.82) is 0 Å². The Morgan fingerprint density at radius 3 is 2.41 bits per heavy atom. The normalized spacial score (nSPS) is 23.3. The fourth-order valence-corrected chi connectivity index (χ4v) is 11.9. The van der Waals surface area contributed by atoms with Crippen molar-refractivity contribution in [3.05, 3.63) is 77.2 Å². The lowest BCUT2D eigenvalue weighted by Crippen LogP contribution is -2.54. The second-order valence-corrected chi connectivity index (χ2v) is 21.6. The minimum Gasteiger partial charge on any atom is -0.468 e. The lowest BCUT2D eigenvalue weighted by atomic mass is 9.91. The summed E-state index contributed by atoms with van der Waals surface area (Å²) in [5.74, 6) is -0.521. The van der Waals surface area contributed by atoms with Crippen LogP contribution in [0.15, 0.2) is 54.7 Å². The molecule has 7 heterocycles. The van der Waals surface area contributed by atoms with Crippen LogP contribution in [0.2, 0.25) is 0 Å². The molecule has 1 saturated carbocycles. The van der Waals surface area contributed by atoms with Gasteiger partial charge < -0.3 is 38.9 Å². The van der Waals surface area contributed by atoms with E-state index in [1.165, 1.54) is 0 Å². The number of piperidine rings is 3. The summed E-state index contributed by atoms with van der Waals surface area (Å²) in [6, 6.07) is 15.0. The molecule has 2 atom stereocenters. The molecule has 5 fully saturated rings. The molecular formula is C55H65F2N9O7. The maximum Gasteiger partial charge on any atom is 0.319 e. The Hall–Kier alpha value is -6.08. The first kappa shape index (κ1) is 49.1. The average molecular weight is 1000 g/mol. The number of halogens is 2. The zero-order valence-electron chi connectivity index (χ0n) is 42.1. The minimum absolute atomic E-state index is 0.0297. The topological polar surface area (TPSA) is 166 Å². The summed E-state index contributed by atoms with van der Waals surface area (Å²) in [6.45, 7) is 10.8. The summed E-state index contributed by atoms with van der Waals surface area (Å²) in [5, 5.41) is 15.7. The number of nitrogens with one attached hydrogen (secondary N) is 1. The van der Waals surface area contributed by atoms with Crippen LogP contribution in [0.4, 0.5) is 20.3 Å². The molecule has 11 rings (SSSR count). The maximum absolute atomic E-state index is 17.4. The molecule has 0 unspecified atom stereocenters. The van der Waals surface area contributed by atoms with E-state index in [-0.39, 0.29) is 47.7 Å². The van der Waals surface area contributed by atoms with Gasteiger partial charge in [-0.25, -0.2) is 8.78 Å². The minimum atomic E-state index is -1.30. The van der Waals surface area contributed by atoms with Crippen molar-refractivity contribution in [2.45, 2.75) is 95.5 Å². The number of pyridine rings is 1. The quantitative estimate of drug-likeness (QED) is 0.0871. The number of methoxy groups -OCH3 is 1. The number of carbonyl (C=O) groups excluding carboxylic acids is 3. The first-order valence-corrected chi connectivity index (χ1v) is 26.0. The lowest BCUT2D eigenvalue weighted by molar-refractivity contribution is -0.136. The predicted molar refractivity (Wildman–Crippen MR) is 272 cm³/mol. The van der Waals surface area contributed by atoms with E-state index in [0.717, 1.165) is 86.0 Å². The van der Waals surface area contributed by atoms with Crippen LogP contribution in [0.3, 0.4) is 0 Å². The number of anilines is 2. The highest BCUT2D eigenvalue weighted by molar-refractivity contribution is 6.06. The molecule has 3 amide bonds. The fourth-order valence-electron chi connectivity index (χ4n) is 11.9. The van der Waals surface area contributed by atoms with Crippen molar-refractivity contribution in [1.82, 2.24) is 35.0 Å². The summed E-state index contributed by atoms with van der Waals surface area (Å²) in [4.78, 5) is 62.3. The molecular weight excluding hydrogens is 937 g/mol. The monoisotopic (exact) mass is 1000 g/mol. The van der Waals surface area contributed by atoms with Crippen molar-refractivity contribution in [3.8, 4) is 23.0 Å². The maximum atomic E-state index is 17.4. The Morgan fingerprint density at radius 2 is 1.67 bits per heavy atom. The number of hydrogen-bond acceptors (Lipinski definition) is 14. The van der Waals surface area contributed by atoms with E-state index >= 15 is 8.78 Å². The van der Waals surface area contributed by atoms with E-state index in [1.807, 2.05) is 54.3 Å². The molecule has 18 heteroatoms. The van der Waals surface area contributed by atoms with Crippen molar-refractivity contribution >= 4 is 50.9 Å². The molecule has 16 nitrogen and oxygen atoms in total. The van der Waals surface area contributed by atoms with Crippen LogP contribution >= 0.6 is 0 Å². The van der Waals surface area contributed by atoms with Gasteiger partial charge in [0.1, 0.15) is 34.5 Å². The second-order valence-electron chi connectivity index (χ2n) is 21.6. The first-order chi connectivity index (χ1) is 35.2. The third kappa shape index (κ3) is 10.0. The Bertz CT molecular complexity index is 2950. The van der Waals surface area contributed by atoms with E-state index in [2.05, 4.69) is 26.9 Å². The number of amides is 3. The molecule has 6 aliphatic rings. The Kier molecular flexibility index (Phi) is 13.2. The summed E-state index contributed by atoms with van der Waals surface area (Å²) < 4.78 is 51.6. The van der Waals surface area contributed by atoms with Gasteiger partial charge in [-0.1, -0.05) is 25.1 Å². The fraction of sp³-hybridized carbons (Fsp3) is 0.527. The largest absolute Gasteiger partial charge is 0.468 e. The molecule has 2 aromatic heterocycles. The Morgan fingerprint density at radius 1 is 0.877 bits per heavy atom. The van der Waals surface area contributed by atoms with Crippen LogP contribution in [0.5, 0.6) is 11.8 Å². The van der Waals surface area contributed by atoms with Crippen LogP contribution in [-0.4, -0.2) is 156 Å². The highest BCUT2D eigenvalue weighted by Gasteiger charge is 2.47. The first-order valence-electron chi connectivity index (χ1n) is 26.0. The van der Waals surface area contributed by atoms with Crippen LogP contribution in [-0.2, 0) is 27.3 Å². The van der Waals surface area contributed by atoms with Gasteiger partial charge in [0, 0.05) is 114 Å². The summed E-state index contributed by atoms with van der Waals surface area (Å²) in [5.41, 5.74) is 1.90. The van der Waals surface area contributed by atoms with Crippen molar-refractivity contribution in [2.24, 2.45) is 5.41 Å². The van der Waals surface area contributed by atoms with Gasteiger partial charge in [0.15, 0.2) is 12.6 Å².